The zero-order chi connectivity index (χ0) is 16.3. The fourth-order valence-corrected chi connectivity index (χ4v) is 2.14. The summed E-state index contributed by atoms with van der Waals surface area (Å²) >= 11 is 0.245. The number of nitrogens with zero attached hydrogens (tertiary/aromatic N) is 2. The molecule has 1 heterocycles. The standard InChI is InChI=1S/C12H10F3N3O3S/c1-20-7-4-3-6(5-8(7)21-2)9(19)16-11-18-17-10(22-11)12(13,14)15/h3-5H,1-2H3,(H,16,18,19). The van der Waals surface area contributed by atoms with Crippen LogP contribution < -0.4 is 14.8 Å². The number of carbonyl (C=O) groups is 1. The second-order valence-corrected chi connectivity index (χ2v) is 4.91. The Kier molecular flexibility index (Phi) is 4.50. The maximum atomic E-state index is 12.4. The number of anilines is 1. The van der Waals surface area contributed by atoms with Crippen LogP contribution in [0.3, 0.4) is 0 Å². The van der Waals surface area contributed by atoms with E-state index in [1.54, 1.807) is 0 Å². The summed E-state index contributed by atoms with van der Waals surface area (Å²) in [6.45, 7) is 0. The zero-order valence-electron chi connectivity index (χ0n) is 11.4. The number of methoxy groups -OCH3 is 2. The van der Waals surface area contributed by atoms with E-state index in [1.165, 1.54) is 32.4 Å². The number of benzene rings is 1. The van der Waals surface area contributed by atoms with Crippen LogP contribution in [0, 0.1) is 0 Å². The molecule has 0 fully saturated rings. The monoisotopic (exact) mass is 333 g/mol. The first-order chi connectivity index (χ1) is 10.3. The molecule has 0 aliphatic heterocycles. The summed E-state index contributed by atoms with van der Waals surface area (Å²) in [4.78, 5) is 12.0. The van der Waals surface area contributed by atoms with Crippen molar-refractivity contribution in [2.75, 3.05) is 19.5 Å². The van der Waals surface area contributed by atoms with Crippen molar-refractivity contribution in [2.45, 2.75) is 6.18 Å². The van der Waals surface area contributed by atoms with Gasteiger partial charge >= 0.3 is 6.18 Å². The van der Waals surface area contributed by atoms with Crippen molar-refractivity contribution < 1.29 is 27.4 Å². The van der Waals surface area contributed by atoms with Crippen LogP contribution in [-0.2, 0) is 6.18 Å². The van der Waals surface area contributed by atoms with Crippen LogP contribution in [0.2, 0.25) is 0 Å². The van der Waals surface area contributed by atoms with E-state index in [2.05, 4.69) is 15.5 Å². The molecule has 10 heteroatoms. The Bertz CT molecular complexity index is 688. The van der Waals surface area contributed by atoms with E-state index in [0.29, 0.717) is 11.5 Å². The van der Waals surface area contributed by atoms with Crippen molar-refractivity contribution in [3.05, 3.63) is 28.8 Å². The molecule has 0 spiro atoms. The van der Waals surface area contributed by atoms with Crippen LogP contribution in [0.15, 0.2) is 18.2 Å². The average Bonchev–Trinajstić information content (AvgIpc) is 2.95. The second kappa shape index (κ2) is 6.18. The number of alkyl halides is 3. The predicted molar refractivity (Wildman–Crippen MR) is 72.4 cm³/mol. The highest BCUT2D eigenvalue weighted by atomic mass is 32.1. The molecule has 0 saturated heterocycles. The molecule has 2 rings (SSSR count). The normalized spacial score (nSPS) is 11.1. The van der Waals surface area contributed by atoms with Crippen molar-refractivity contribution >= 4 is 22.4 Å². The van der Waals surface area contributed by atoms with Gasteiger partial charge in [0.2, 0.25) is 10.1 Å². The van der Waals surface area contributed by atoms with Gasteiger partial charge in [-0.1, -0.05) is 11.3 Å². The number of amides is 1. The minimum absolute atomic E-state index is 0.182. The molecule has 118 valence electrons. The van der Waals surface area contributed by atoms with Crippen molar-refractivity contribution in [2.24, 2.45) is 0 Å². The summed E-state index contributed by atoms with van der Waals surface area (Å²) in [5.74, 6) is 0.114. The molecular formula is C12H10F3N3O3S. The van der Waals surface area contributed by atoms with Gasteiger partial charge in [-0.25, -0.2) is 0 Å². The zero-order valence-corrected chi connectivity index (χ0v) is 12.2. The third-order valence-electron chi connectivity index (χ3n) is 2.53. The molecule has 6 nitrogen and oxygen atoms in total. The molecular weight excluding hydrogens is 323 g/mol. The summed E-state index contributed by atoms with van der Waals surface area (Å²) in [7, 11) is 2.84. The van der Waals surface area contributed by atoms with Crippen LogP contribution in [0.1, 0.15) is 15.4 Å². The molecule has 0 radical (unpaired) electrons. The quantitative estimate of drug-likeness (QED) is 0.931. The minimum Gasteiger partial charge on any atom is -0.493 e. The van der Waals surface area contributed by atoms with Crippen LogP contribution in [0.5, 0.6) is 11.5 Å². The van der Waals surface area contributed by atoms with Gasteiger partial charge < -0.3 is 9.47 Å². The first-order valence-electron chi connectivity index (χ1n) is 5.79. The van der Waals surface area contributed by atoms with Crippen LogP contribution in [0.25, 0.3) is 0 Å². The van der Waals surface area contributed by atoms with Gasteiger partial charge in [-0.2, -0.15) is 13.2 Å². The molecule has 0 saturated carbocycles. The van der Waals surface area contributed by atoms with Gasteiger partial charge in [-0.05, 0) is 18.2 Å². The lowest BCUT2D eigenvalue weighted by Crippen LogP contribution is -2.12. The van der Waals surface area contributed by atoms with E-state index in [4.69, 9.17) is 9.47 Å². The van der Waals surface area contributed by atoms with E-state index >= 15 is 0 Å². The lowest BCUT2D eigenvalue weighted by atomic mass is 10.2. The molecule has 0 aliphatic rings. The van der Waals surface area contributed by atoms with Crippen molar-refractivity contribution in [1.82, 2.24) is 10.2 Å². The highest BCUT2D eigenvalue weighted by molar-refractivity contribution is 7.15. The highest BCUT2D eigenvalue weighted by Gasteiger charge is 2.35. The molecule has 1 N–H and O–H groups in total. The third kappa shape index (κ3) is 3.45. The summed E-state index contributed by atoms with van der Waals surface area (Å²) in [5, 5.41) is 7.14. The van der Waals surface area contributed by atoms with E-state index in [1.807, 2.05) is 0 Å². The van der Waals surface area contributed by atoms with Gasteiger partial charge in [0.25, 0.3) is 5.91 Å². The van der Waals surface area contributed by atoms with Crippen LogP contribution in [-0.4, -0.2) is 30.3 Å². The van der Waals surface area contributed by atoms with Gasteiger partial charge in [0.1, 0.15) is 0 Å². The van der Waals surface area contributed by atoms with Crippen LogP contribution in [0.4, 0.5) is 18.3 Å². The first kappa shape index (κ1) is 16.0. The SMILES string of the molecule is COc1ccc(C(=O)Nc2nnc(C(F)(F)F)s2)cc1OC. The Labute approximate surface area is 126 Å². The summed E-state index contributed by atoms with van der Waals surface area (Å²) < 4.78 is 47.3. The largest absolute Gasteiger partial charge is 0.493 e. The molecule has 2 aromatic rings. The van der Waals surface area contributed by atoms with Crippen molar-refractivity contribution in [1.29, 1.82) is 0 Å². The fraction of sp³-hybridized carbons (Fsp3) is 0.250. The van der Waals surface area contributed by atoms with Crippen molar-refractivity contribution in [3.63, 3.8) is 0 Å². The lowest BCUT2D eigenvalue weighted by Gasteiger charge is -2.08. The Morgan fingerprint density at radius 3 is 2.41 bits per heavy atom. The number of hydrogen-bond acceptors (Lipinski definition) is 6. The average molecular weight is 333 g/mol. The maximum absolute atomic E-state index is 12.4. The second-order valence-electron chi connectivity index (χ2n) is 3.93. The van der Waals surface area contributed by atoms with E-state index in [9.17, 15) is 18.0 Å². The Balaban J connectivity index is 2.17. The van der Waals surface area contributed by atoms with E-state index in [0.717, 1.165) is 0 Å². The van der Waals surface area contributed by atoms with Gasteiger partial charge in [0.05, 0.1) is 14.2 Å². The fourth-order valence-electron chi connectivity index (χ4n) is 1.54. The van der Waals surface area contributed by atoms with Crippen LogP contribution >= 0.6 is 11.3 Å². The topological polar surface area (TPSA) is 73.3 Å². The number of carbonyl (C=O) groups excluding carboxylic acids is 1. The number of nitrogens with one attached hydrogen (secondary N) is 1. The maximum Gasteiger partial charge on any atom is 0.445 e. The summed E-state index contributed by atoms with van der Waals surface area (Å²) in [6, 6.07) is 4.36. The molecule has 0 unspecified atom stereocenters. The van der Waals surface area contributed by atoms with E-state index < -0.39 is 17.1 Å². The number of aromatic nitrogens is 2. The molecule has 0 bridgehead atoms. The molecule has 0 aliphatic carbocycles. The van der Waals surface area contributed by atoms with Crippen molar-refractivity contribution in [3.8, 4) is 11.5 Å². The molecule has 1 amide bonds. The minimum atomic E-state index is -4.59. The Morgan fingerprint density at radius 2 is 1.86 bits per heavy atom. The predicted octanol–water partition coefficient (Wildman–Crippen LogP) is 2.83. The number of hydrogen-bond donors (Lipinski definition) is 1. The Morgan fingerprint density at radius 1 is 1.18 bits per heavy atom. The summed E-state index contributed by atoms with van der Waals surface area (Å²) in [5.41, 5.74) is 0.182. The van der Waals surface area contributed by atoms with Gasteiger partial charge in [0, 0.05) is 5.56 Å². The molecule has 1 aromatic heterocycles. The number of rotatable bonds is 4. The molecule has 22 heavy (non-hydrogen) atoms. The molecule has 0 atom stereocenters. The number of halogens is 3. The Hall–Kier alpha value is -2.36. The highest BCUT2D eigenvalue weighted by Crippen LogP contribution is 2.33. The summed E-state index contributed by atoms with van der Waals surface area (Å²) in [6.07, 6.45) is -4.59. The van der Waals surface area contributed by atoms with E-state index in [-0.39, 0.29) is 22.0 Å². The van der Waals surface area contributed by atoms with Gasteiger partial charge in [0.15, 0.2) is 11.5 Å². The lowest BCUT2D eigenvalue weighted by molar-refractivity contribution is -0.138. The smallest absolute Gasteiger partial charge is 0.445 e. The van der Waals surface area contributed by atoms with Gasteiger partial charge in [-0.3, -0.25) is 10.1 Å². The molecule has 1 aromatic carbocycles. The third-order valence-corrected chi connectivity index (χ3v) is 3.42. The first-order valence-corrected chi connectivity index (χ1v) is 6.61. The van der Waals surface area contributed by atoms with Gasteiger partial charge in [-0.15, -0.1) is 10.2 Å². The number of ether oxygens (including phenoxy) is 2.